The normalized spacial score (nSPS) is 20.5. The lowest BCUT2D eigenvalue weighted by Crippen LogP contribution is -2.43. The van der Waals surface area contributed by atoms with E-state index >= 15 is 0 Å². The van der Waals surface area contributed by atoms with Crippen LogP contribution in [0.15, 0.2) is 18.2 Å². The van der Waals surface area contributed by atoms with Crippen molar-refractivity contribution in [2.24, 2.45) is 0 Å². The first-order chi connectivity index (χ1) is 8.19. The van der Waals surface area contributed by atoms with Gasteiger partial charge in [-0.3, -0.25) is 4.90 Å². The summed E-state index contributed by atoms with van der Waals surface area (Å²) in [7, 11) is 2.00. The van der Waals surface area contributed by atoms with Crippen LogP contribution in [0.4, 0.5) is 4.39 Å². The van der Waals surface area contributed by atoms with Crippen LogP contribution >= 0.6 is 24.0 Å². The van der Waals surface area contributed by atoms with E-state index in [-0.39, 0.29) is 23.2 Å². The molecular weight excluding hydrogens is 274 g/mol. The van der Waals surface area contributed by atoms with Gasteiger partial charge in [-0.15, -0.1) is 12.4 Å². The molecule has 1 aromatic carbocycles. The van der Waals surface area contributed by atoms with Crippen molar-refractivity contribution in [1.82, 2.24) is 10.2 Å². The number of halogens is 3. The summed E-state index contributed by atoms with van der Waals surface area (Å²) < 4.78 is 13.3. The van der Waals surface area contributed by atoms with Crippen molar-refractivity contribution in [1.29, 1.82) is 0 Å². The van der Waals surface area contributed by atoms with Crippen LogP contribution in [0.5, 0.6) is 0 Å². The van der Waals surface area contributed by atoms with E-state index in [1.54, 1.807) is 6.07 Å². The second-order valence-electron chi connectivity index (χ2n) is 4.61. The lowest BCUT2D eigenvalue weighted by molar-refractivity contribution is 0.188. The zero-order valence-corrected chi connectivity index (χ0v) is 12.0. The molecule has 0 radical (unpaired) electrons. The number of rotatable bonds is 3. The average molecular weight is 293 g/mol. The lowest BCUT2D eigenvalue weighted by Gasteiger charge is -2.32. The van der Waals surface area contributed by atoms with Gasteiger partial charge in [0.15, 0.2) is 0 Å². The Morgan fingerprint density at radius 1 is 1.50 bits per heavy atom. The minimum atomic E-state index is -0.327. The van der Waals surface area contributed by atoms with Gasteiger partial charge in [-0.05, 0) is 44.1 Å². The summed E-state index contributed by atoms with van der Waals surface area (Å²) in [5, 5.41) is 3.50. The van der Waals surface area contributed by atoms with Crippen LogP contribution in [-0.4, -0.2) is 31.1 Å². The summed E-state index contributed by atoms with van der Waals surface area (Å²) in [5.41, 5.74) is 0.989. The third-order valence-corrected chi connectivity index (χ3v) is 3.61. The number of hydrogen-bond acceptors (Lipinski definition) is 2. The van der Waals surface area contributed by atoms with E-state index in [1.807, 2.05) is 13.1 Å². The first kappa shape index (κ1) is 15.7. The summed E-state index contributed by atoms with van der Waals surface area (Å²) in [6.45, 7) is 2.91. The number of likely N-dealkylation sites (tertiary alicyclic amines) is 1. The molecule has 0 amide bonds. The lowest BCUT2D eigenvalue weighted by atomic mass is 10.1. The fourth-order valence-corrected chi connectivity index (χ4v) is 2.45. The molecule has 0 bridgehead atoms. The predicted molar refractivity (Wildman–Crippen MR) is 76.0 cm³/mol. The monoisotopic (exact) mass is 292 g/mol. The molecule has 2 rings (SSSR count). The van der Waals surface area contributed by atoms with Gasteiger partial charge in [0, 0.05) is 19.1 Å². The van der Waals surface area contributed by atoms with Crippen molar-refractivity contribution >= 4 is 24.0 Å². The number of nitrogens with one attached hydrogen (secondary N) is 1. The maximum atomic E-state index is 13.3. The molecule has 5 heteroatoms. The van der Waals surface area contributed by atoms with Crippen LogP contribution in [0.2, 0.25) is 5.02 Å². The number of hydrogen-bond donors (Lipinski definition) is 1. The third-order valence-electron chi connectivity index (χ3n) is 3.30. The van der Waals surface area contributed by atoms with Gasteiger partial charge in [-0.1, -0.05) is 17.7 Å². The van der Waals surface area contributed by atoms with Crippen LogP contribution in [0.25, 0.3) is 0 Å². The van der Waals surface area contributed by atoms with E-state index in [0.717, 1.165) is 25.2 Å². The number of likely N-dealkylation sites (N-methyl/N-ethyl adjacent to an activating group) is 1. The molecular formula is C13H19Cl2FN2. The zero-order chi connectivity index (χ0) is 12.3. The molecule has 1 saturated heterocycles. The minimum Gasteiger partial charge on any atom is -0.316 e. The molecule has 1 fully saturated rings. The van der Waals surface area contributed by atoms with Crippen LogP contribution in [0, 0.1) is 5.82 Å². The molecule has 102 valence electrons. The van der Waals surface area contributed by atoms with Gasteiger partial charge in [0.25, 0.3) is 0 Å². The first-order valence-electron chi connectivity index (χ1n) is 6.02. The molecule has 2 nitrogen and oxygen atoms in total. The fraction of sp³-hybridized carbons (Fsp3) is 0.538. The number of nitrogens with zero attached hydrogens (tertiary/aromatic N) is 1. The van der Waals surface area contributed by atoms with Gasteiger partial charge in [-0.25, -0.2) is 4.39 Å². The van der Waals surface area contributed by atoms with Gasteiger partial charge < -0.3 is 5.32 Å². The van der Waals surface area contributed by atoms with Crippen LogP contribution in [0.1, 0.15) is 18.4 Å². The Hall–Kier alpha value is -0.350. The predicted octanol–water partition coefficient (Wildman–Crippen LogP) is 3.08. The van der Waals surface area contributed by atoms with Gasteiger partial charge in [0.2, 0.25) is 0 Å². The molecule has 1 aromatic rings. The van der Waals surface area contributed by atoms with Crippen molar-refractivity contribution in [3.63, 3.8) is 0 Å². The molecule has 1 atom stereocenters. The molecule has 0 saturated carbocycles. The van der Waals surface area contributed by atoms with Crippen LogP contribution < -0.4 is 5.32 Å². The highest BCUT2D eigenvalue weighted by Crippen LogP contribution is 2.18. The van der Waals surface area contributed by atoms with E-state index in [0.29, 0.717) is 6.04 Å². The highest BCUT2D eigenvalue weighted by atomic mass is 35.5. The second-order valence-corrected chi connectivity index (χ2v) is 5.02. The quantitative estimate of drug-likeness (QED) is 0.921. The van der Waals surface area contributed by atoms with Crippen molar-refractivity contribution in [2.75, 3.05) is 20.1 Å². The summed E-state index contributed by atoms with van der Waals surface area (Å²) >= 11 is 5.67. The van der Waals surface area contributed by atoms with Gasteiger partial charge >= 0.3 is 0 Å². The third kappa shape index (κ3) is 4.09. The minimum absolute atomic E-state index is 0. The van der Waals surface area contributed by atoms with E-state index in [4.69, 9.17) is 11.6 Å². The van der Waals surface area contributed by atoms with E-state index in [2.05, 4.69) is 10.2 Å². The van der Waals surface area contributed by atoms with Crippen LogP contribution in [0.3, 0.4) is 0 Å². The Balaban J connectivity index is 0.00000162. The summed E-state index contributed by atoms with van der Waals surface area (Å²) in [4.78, 5) is 2.35. The maximum absolute atomic E-state index is 13.3. The molecule has 18 heavy (non-hydrogen) atoms. The Kier molecular flexibility index (Phi) is 6.36. The topological polar surface area (TPSA) is 15.3 Å². The Morgan fingerprint density at radius 2 is 2.28 bits per heavy atom. The molecule has 1 N–H and O–H groups in total. The molecule has 0 aromatic heterocycles. The van der Waals surface area contributed by atoms with E-state index in [1.165, 1.54) is 18.9 Å². The van der Waals surface area contributed by atoms with Crippen LogP contribution in [-0.2, 0) is 6.54 Å². The van der Waals surface area contributed by atoms with E-state index in [9.17, 15) is 4.39 Å². The molecule has 0 spiro atoms. The summed E-state index contributed by atoms with van der Waals surface area (Å²) in [5.74, 6) is -0.327. The molecule has 1 aliphatic rings. The number of piperidine rings is 1. The molecule has 0 aliphatic carbocycles. The number of benzene rings is 1. The standard InChI is InChI=1S/C13H18ClFN2.ClH/c1-16-11-3-2-6-17(9-11)8-10-4-5-12(14)13(15)7-10;/h4-5,7,11,16H,2-3,6,8-9H2,1H3;1H. The van der Waals surface area contributed by atoms with Gasteiger partial charge in [0.05, 0.1) is 5.02 Å². The van der Waals surface area contributed by atoms with Crippen molar-refractivity contribution in [2.45, 2.75) is 25.4 Å². The highest BCUT2D eigenvalue weighted by molar-refractivity contribution is 6.30. The highest BCUT2D eigenvalue weighted by Gasteiger charge is 2.18. The Labute approximate surface area is 119 Å². The SMILES string of the molecule is CNC1CCCN(Cc2ccc(Cl)c(F)c2)C1.Cl. The van der Waals surface area contributed by atoms with Crippen molar-refractivity contribution < 1.29 is 4.39 Å². The van der Waals surface area contributed by atoms with Gasteiger partial charge in [0.1, 0.15) is 5.82 Å². The fourth-order valence-electron chi connectivity index (χ4n) is 2.33. The zero-order valence-electron chi connectivity index (χ0n) is 10.5. The Bertz CT molecular complexity index is 387. The van der Waals surface area contributed by atoms with Gasteiger partial charge in [-0.2, -0.15) is 0 Å². The second kappa shape index (κ2) is 7.29. The average Bonchev–Trinajstić information content (AvgIpc) is 2.34. The smallest absolute Gasteiger partial charge is 0.142 e. The molecule has 1 unspecified atom stereocenters. The first-order valence-corrected chi connectivity index (χ1v) is 6.40. The summed E-state index contributed by atoms with van der Waals surface area (Å²) in [6, 6.07) is 5.62. The molecule has 1 heterocycles. The van der Waals surface area contributed by atoms with Crippen molar-refractivity contribution in [3.8, 4) is 0 Å². The van der Waals surface area contributed by atoms with E-state index < -0.39 is 0 Å². The largest absolute Gasteiger partial charge is 0.316 e. The maximum Gasteiger partial charge on any atom is 0.142 e. The molecule has 1 aliphatic heterocycles. The summed E-state index contributed by atoms with van der Waals surface area (Å²) in [6.07, 6.45) is 2.42. The van der Waals surface area contributed by atoms with Crippen molar-refractivity contribution in [3.05, 3.63) is 34.6 Å². The Morgan fingerprint density at radius 3 is 2.94 bits per heavy atom.